The fourth-order valence-electron chi connectivity index (χ4n) is 2.29. The molecule has 1 aromatic carbocycles. The minimum atomic E-state index is -4.33. The van der Waals surface area contributed by atoms with Gasteiger partial charge < -0.3 is 10.0 Å². The van der Waals surface area contributed by atoms with Gasteiger partial charge in [0.25, 0.3) is 0 Å². The lowest BCUT2D eigenvalue weighted by molar-refractivity contribution is -0.137. The summed E-state index contributed by atoms with van der Waals surface area (Å²) in [6.45, 7) is 3.23. The summed E-state index contributed by atoms with van der Waals surface area (Å²) >= 11 is 3.21. The van der Waals surface area contributed by atoms with E-state index in [4.69, 9.17) is 0 Å². The average molecular weight is 338 g/mol. The Labute approximate surface area is 118 Å². The number of aliphatic hydroxyl groups excluding tert-OH is 1. The van der Waals surface area contributed by atoms with E-state index in [9.17, 15) is 18.3 Å². The molecule has 6 heteroatoms. The van der Waals surface area contributed by atoms with Crippen LogP contribution < -0.4 is 4.90 Å². The van der Waals surface area contributed by atoms with Crippen molar-refractivity contribution in [2.45, 2.75) is 25.6 Å². The van der Waals surface area contributed by atoms with Gasteiger partial charge in [0.1, 0.15) is 0 Å². The molecule has 106 valence electrons. The Balaban J connectivity index is 2.22. The van der Waals surface area contributed by atoms with Crippen molar-refractivity contribution in [1.29, 1.82) is 0 Å². The highest BCUT2D eigenvalue weighted by Crippen LogP contribution is 2.36. The zero-order valence-electron chi connectivity index (χ0n) is 10.4. The van der Waals surface area contributed by atoms with Crippen LogP contribution in [0, 0.1) is 5.92 Å². The Morgan fingerprint density at radius 3 is 2.58 bits per heavy atom. The number of aliphatic hydroxyl groups is 1. The Kier molecular flexibility index (Phi) is 4.11. The first-order chi connectivity index (χ1) is 8.79. The third kappa shape index (κ3) is 3.23. The average Bonchev–Trinajstić information content (AvgIpc) is 2.31. The van der Waals surface area contributed by atoms with Gasteiger partial charge in [0.2, 0.25) is 0 Å². The standard InChI is InChI=1S/C13H15BrF3NO/c1-8-7-18(5-4-12(8)19)11-3-2-9(6-10(11)14)13(15,16)17/h2-3,6,8,12,19H,4-5,7H2,1H3. The van der Waals surface area contributed by atoms with Crippen molar-refractivity contribution < 1.29 is 18.3 Å². The molecule has 1 saturated heterocycles. The second kappa shape index (κ2) is 5.32. The minimum absolute atomic E-state index is 0.114. The van der Waals surface area contributed by atoms with E-state index in [2.05, 4.69) is 15.9 Å². The van der Waals surface area contributed by atoms with Gasteiger partial charge in [-0.3, -0.25) is 0 Å². The molecule has 0 amide bonds. The number of benzene rings is 1. The third-order valence-electron chi connectivity index (χ3n) is 3.48. The second-order valence-electron chi connectivity index (χ2n) is 4.94. The van der Waals surface area contributed by atoms with Crippen LogP contribution >= 0.6 is 15.9 Å². The maximum Gasteiger partial charge on any atom is 0.416 e. The Hall–Kier alpha value is -0.750. The summed E-state index contributed by atoms with van der Waals surface area (Å²) in [5.74, 6) is 0.114. The van der Waals surface area contributed by atoms with Crippen LogP contribution in [-0.4, -0.2) is 24.3 Å². The molecular weight excluding hydrogens is 323 g/mol. The van der Waals surface area contributed by atoms with Gasteiger partial charge in [-0.1, -0.05) is 6.92 Å². The maximum absolute atomic E-state index is 12.6. The lowest BCUT2D eigenvalue weighted by Crippen LogP contribution is -2.42. The van der Waals surface area contributed by atoms with Gasteiger partial charge in [0.15, 0.2) is 0 Å². The summed E-state index contributed by atoms with van der Waals surface area (Å²) in [5, 5.41) is 9.68. The number of hydrogen-bond donors (Lipinski definition) is 1. The molecule has 1 aliphatic rings. The number of hydrogen-bond acceptors (Lipinski definition) is 2. The predicted molar refractivity (Wildman–Crippen MR) is 71.1 cm³/mol. The maximum atomic E-state index is 12.6. The lowest BCUT2D eigenvalue weighted by Gasteiger charge is -2.36. The van der Waals surface area contributed by atoms with Crippen LogP contribution in [0.2, 0.25) is 0 Å². The highest BCUT2D eigenvalue weighted by molar-refractivity contribution is 9.10. The van der Waals surface area contributed by atoms with Crippen LogP contribution in [0.4, 0.5) is 18.9 Å². The van der Waals surface area contributed by atoms with Crippen LogP contribution in [0.3, 0.4) is 0 Å². The summed E-state index contributed by atoms with van der Waals surface area (Å²) in [6, 6.07) is 3.68. The van der Waals surface area contributed by atoms with E-state index in [-0.39, 0.29) is 12.0 Å². The molecule has 1 aromatic rings. The molecule has 2 rings (SSSR count). The molecule has 2 atom stereocenters. The molecule has 1 fully saturated rings. The SMILES string of the molecule is CC1CN(c2ccc(C(F)(F)F)cc2Br)CCC1O. The highest BCUT2D eigenvalue weighted by Gasteiger charge is 2.32. The topological polar surface area (TPSA) is 23.5 Å². The van der Waals surface area contributed by atoms with Gasteiger partial charge in [-0.15, -0.1) is 0 Å². The molecule has 1 N–H and O–H groups in total. The van der Waals surface area contributed by atoms with Gasteiger partial charge in [-0.05, 0) is 46.5 Å². The fraction of sp³-hybridized carbons (Fsp3) is 0.538. The van der Waals surface area contributed by atoms with Gasteiger partial charge >= 0.3 is 6.18 Å². The zero-order chi connectivity index (χ0) is 14.2. The van der Waals surface area contributed by atoms with Gasteiger partial charge in [0.05, 0.1) is 17.4 Å². The summed E-state index contributed by atoms with van der Waals surface area (Å²) in [5.41, 5.74) is 0.0833. The fourth-order valence-corrected chi connectivity index (χ4v) is 2.92. The van der Waals surface area contributed by atoms with E-state index >= 15 is 0 Å². The molecular formula is C13H15BrF3NO. The van der Waals surface area contributed by atoms with Crippen LogP contribution in [0.1, 0.15) is 18.9 Å². The first-order valence-corrected chi connectivity index (χ1v) is 6.88. The molecule has 0 bridgehead atoms. The predicted octanol–water partition coefficient (Wildman–Crippen LogP) is 3.68. The normalized spacial score (nSPS) is 24.6. The van der Waals surface area contributed by atoms with E-state index in [0.29, 0.717) is 24.0 Å². The van der Waals surface area contributed by atoms with Gasteiger partial charge in [0, 0.05) is 17.6 Å². The van der Waals surface area contributed by atoms with Crippen LogP contribution in [0.25, 0.3) is 0 Å². The van der Waals surface area contributed by atoms with E-state index in [0.717, 1.165) is 17.8 Å². The number of piperidine rings is 1. The number of halogens is 4. The van der Waals surface area contributed by atoms with E-state index < -0.39 is 11.7 Å². The molecule has 0 saturated carbocycles. The van der Waals surface area contributed by atoms with Crippen LogP contribution in [0.5, 0.6) is 0 Å². The minimum Gasteiger partial charge on any atom is -0.393 e. The quantitative estimate of drug-likeness (QED) is 0.845. The van der Waals surface area contributed by atoms with Crippen molar-refractivity contribution in [2.24, 2.45) is 5.92 Å². The molecule has 0 aromatic heterocycles. The molecule has 0 spiro atoms. The van der Waals surface area contributed by atoms with Crippen molar-refractivity contribution in [2.75, 3.05) is 18.0 Å². The van der Waals surface area contributed by atoms with Crippen molar-refractivity contribution in [1.82, 2.24) is 0 Å². The number of nitrogens with zero attached hydrogens (tertiary/aromatic N) is 1. The monoisotopic (exact) mass is 337 g/mol. The lowest BCUT2D eigenvalue weighted by atomic mass is 9.96. The van der Waals surface area contributed by atoms with E-state index in [1.54, 1.807) is 0 Å². The molecule has 0 radical (unpaired) electrons. The van der Waals surface area contributed by atoms with Gasteiger partial charge in [-0.25, -0.2) is 0 Å². The number of alkyl halides is 3. The first-order valence-electron chi connectivity index (χ1n) is 6.09. The Morgan fingerprint density at radius 1 is 1.37 bits per heavy atom. The molecule has 0 aliphatic carbocycles. The highest BCUT2D eigenvalue weighted by atomic mass is 79.9. The second-order valence-corrected chi connectivity index (χ2v) is 5.80. The van der Waals surface area contributed by atoms with Crippen LogP contribution in [0.15, 0.2) is 22.7 Å². The van der Waals surface area contributed by atoms with Crippen molar-refractivity contribution >= 4 is 21.6 Å². The van der Waals surface area contributed by atoms with Crippen LogP contribution in [-0.2, 0) is 6.18 Å². The summed E-state index contributed by atoms with van der Waals surface area (Å²) < 4.78 is 38.2. The first kappa shape index (κ1) is 14.7. The summed E-state index contributed by atoms with van der Waals surface area (Å²) in [7, 11) is 0. The summed E-state index contributed by atoms with van der Waals surface area (Å²) in [6.07, 6.45) is -4.02. The number of anilines is 1. The van der Waals surface area contributed by atoms with Gasteiger partial charge in [-0.2, -0.15) is 13.2 Å². The summed E-state index contributed by atoms with van der Waals surface area (Å²) in [4.78, 5) is 2.00. The molecule has 1 heterocycles. The molecule has 19 heavy (non-hydrogen) atoms. The molecule has 2 nitrogen and oxygen atoms in total. The zero-order valence-corrected chi connectivity index (χ0v) is 12.0. The van der Waals surface area contributed by atoms with Crippen molar-refractivity contribution in [3.63, 3.8) is 0 Å². The Bertz CT molecular complexity index is 464. The van der Waals surface area contributed by atoms with E-state index in [1.807, 2.05) is 11.8 Å². The van der Waals surface area contributed by atoms with Crippen molar-refractivity contribution in [3.8, 4) is 0 Å². The van der Waals surface area contributed by atoms with Crippen molar-refractivity contribution in [3.05, 3.63) is 28.2 Å². The third-order valence-corrected chi connectivity index (χ3v) is 4.11. The largest absolute Gasteiger partial charge is 0.416 e. The molecule has 1 aliphatic heterocycles. The smallest absolute Gasteiger partial charge is 0.393 e. The number of rotatable bonds is 1. The van der Waals surface area contributed by atoms with E-state index in [1.165, 1.54) is 6.07 Å². The Morgan fingerprint density at radius 2 is 2.05 bits per heavy atom. The molecule has 2 unspecified atom stereocenters.